The number of benzene rings is 3. The molecule has 36 heavy (non-hydrogen) atoms. The number of ether oxygens (including phenoxy) is 1. The Kier molecular flexibility index (Phi) is 9.28. The Labute approximate surface area is 223 Å². The van der Waals surface area contributed by atoms with Crippen LogP contribution in [0.25, 0.3) is 0 Å². The van der Waals surface area contributed by atoms with E-state index < -0.39 is 10.0 Å². The van der Waals surface area contributed by atoms with Crippen molar-refractivity contribution in [3.8, 4) is 5.75 Å². The van der Waals surface area contributed by atoms with Gasteiger partial charge in [-0.2, -0.15) is 0 Å². The number of rotatable bonds is 10. The molecule has 0 aliphatic rings. The summed E-state index contributed by atoms with van der Waals surface area (Å²) in [6.07, 6.45) is 1.88. The zero-order chi connectivity index (χ0) is 26.5. The van der Waals surface area contributed by atoms with Crippen molar-refractivity contribution in [1.82, 2.24) is 5.32 Å². The number of hydrogen-bond acceptors (Lipinski definition) is 4. The molecule has 1 atom stereocenters. The molecule has 0 aliphatic heterocycles. The summed E-state index contributed by atoms with van der Waals surface area (Å²) in [7, 11) is -2.04. The zero-order valence-electron chi connectivity index (χ0n) is 20.7. The summed E-state index contributed by atoms with van der Waals surface area (Å²) in [5.74, 6) is 0.861. The highest BCUT2D eigenvalue weighted by molar-refractivity contribution is 7.92. The summed E-state index contributed by atoms with van der Waals surface area (Å²) < 4.78 is 31.6. The molecule has 0 saturated heterocycles. The highest BCUT2D eigenvalue weighted by Crippen LogP contribution is 2.30. The van der Waals surface area contributed by atoms with Gasteiger partial charge in [-0.1, -0.05) is 55.2 Å². The van der Waals surface area contributed by atoms with Gasteiger partial charge in [0.1, 0.15) is 5.75 Å². The molecular formula is C27H30Cl2N2O4S. The molecule has 3 aromatic rings. The maximum absolute atomic E-state index is 13.1. The van der Waals surface area contributed by atoms with Crippen molar-refractivity contribution in [2.75, 3.05) is 17.7 Å². The predicted octanol–water partition coefficient (Wildman–Crippen LogP) is 6.49. The van der Waals surface area contributed by atoms with Gasteiger partial charge in [-0.25, -0.2) is 8.42 Å². The van der Waals surface area contributed by atoms with Gasteiger partial charge in [0.2, 0.25) is 10.0 Å². The number of anilines is 1. The first kappa shape index (κ1) is 27.8. The van der Waals surface area contributed by atoms with Gasteiger partial charge >= 0.3 is 0 Å². The molecule has 1 amide bonds. The van der Waals surface area contributed by atoms with E-state index in [0.29, 0.717) is 32.8 Å². The van der Waals surface area contributed by atoms with E-state index >= 15 is 0 Å². The van der Waals surface area contributed by atoms with Crippen LogP contribution in [0, 0.1) is 5.92 Å². The summed E-state index contributed by atoms with van der Waals surface area (Å²) in [5, 5.41) is 3.86. The molecule has 0 unspecified atom stereocenters. The summed E-state index contributed by atoms with van der Waals surface area (Å²) in [5.41, 5.74) is 2.31. The van der Waals surface area contributed by atoms with Gasteiger partial charge in [-0.3, -0.25) is 9.10 Å². The van der Waals surface area contributed by atoms with Crippen LogP contribution in [0.5, 0.6) is 5.75 Å². The molecular weight excluding hydrogens is 519 g/mol. The molecule has 0 aliphatic carbocycles. The monoisotopic (exact) mass is 548 g/mol. The Hall–Kier alpha value is -2.74. The minimum atomic E-state index is -3.65. The van der Waals surface area contributed by atoms with E-state index in [9.17, 15) is 13.2 Å². The van der Waals surface area contributed by atoms with Crippen molar-refractivity contribution >= 4 is 44.8 Å². The molecule has 0 bridgehead atoms. The number of sulfonamides is 1. The van der Waals surface area contributed by atoms with Crippen molar-refractivity contribution in [2.24, 2.45) is 5.92 Å². The minimum absolute atomic E-state index is 0.0309. The Bertz CT molecular complexity index is 1270. The lowest BCUT2D eigenvalue weighted by atomic mass is 9.96. The fraction of sp³-hybridized carbons (Fsp3) is 0.296. The average molecular weight is 550 g/mol. The van der Waals surface area contributed by atoms with E-state index in [-0.39, 0.29) is 18.5 Å². The molecule has 192 valence electrons. The van der Waals surface area contributed by atoms with Crippen LogP contribution in [0.15, 0.2) is 66.7 Å². The van der Waals surface area contributed by atoms with E-state index in [1.54, 1.807) is 49.6 Å². The van der Waals surface area contributed by atoms with Crippen LogP contribution in [0.2, 0.25) is 10.0 Å². The van der Waals surface area contributed by atoms with Crippen LogP contribution in [-0.2, 0) is 16.6 Å². The molecule has 0 aromatic heterocycles. The highest BCUT2D eigenvalue weighted by Gasteiger charge is 2.22. The zero-order valence-corrected chi connectivity index (χ0v) is 23.0. The van der Waals surface area contributed by atoms with Crippen molar-refractivity contribution < 1.29 is 17.9 Å². The van der Waals surface area contributed by atoms with Crippen molar-refractivity contribution in [3.63, 3.8) is 0 Å². The molecule has 9 heteroatoms. The molecule has 0 heterocycles. The van der Waals surface area contributed by atoms with Gasteiger partial charge in [0.25, 0.3) is 5.91 Å². The van der Waals surface area contributed by atoms with E-state index in [0.717, 1.165) is 24.0 Å². The van der Waals surface area contributed by atoms with Gasteiger partial charge < -0.3 is 10.1 Å². The largest absolute Gasteiger partial charge is 0.497 e. The number of hydrogen-bond donors (Lipinski definition) is 1. The second-order valence-electron chi connectivity index (χ2n) is 8.95. The van der Waals surface area contributed by atoms with Gasteiger partial charge in [0.15, 0.2) is 0 Å². The first-order chi connectivity index (χ1) is 17.0. The van der Waals surface area contributed by atoms with E-state index in [4.69, 9.17) is 27.9 Å². The average Bonchev–Trinajstić information content (AvgIpc) is 2.82. The predicted molar refractivity (Wildman–Crippen MR) is 147 cm³/mol. The number of carbonyl (C=O) groups is 1. The number of nitrogens with zero attached hydrogens (tertiary/aromatic N) is 1. The number of methoxy groups -OCH3 is 1. The van der Waals surface area contributed by atoms with Crippen LogP contribution in [0.3, 0.4) is 0 Å². The molecule has 6 nitrogen and oxygen atoms in total. The van der Waals surface area contributed by atoms with Gasteiger partial charge in [0, 0.05) is 21.2 Å². The smallest absolute Gasteiger partial charge is 0.251 e. The lowest BCUT2D eigenvalue weighted by Crippen LogP contribution is -2.30. The molecule has 0 saturated carbocycles. The van der Waals surface area contributed by atoms with Crippen molar-refractivity contribution in [3.05, 3.63) is 93.5 Å². The number of amides is 1. The van der Waals surface area contributed by atoms with Crippen LogP contribution in [-0.4, -0.2) is 27.7 Å². The van der Waals surface area contributed by atoms with Gasteiger partial charge in [0.05, 0.1) is 31.6 Å². The van der Waals surface area contributed by atoms with Crippen LogP contribution < -0.4 is 14.4 Å². The number of nitrogens with one attached hydrogen (secondary N) is 1. The second-order valence-corrected chi connectivity index (χ2v) is 11.7. The number of carbonyl (C=O) groups excluding carboxylic acids is 1. The van der Waals surface area contributed by atoms with Crippen molar-refractivity contribution in [2.45, 2.75) is 32.9 Å². The van der Waals surface area contributed by atoms with E-state index in [1.807, 2.05) is 24.3 Å². The molecule has 0 fully saturated rings. The summed E-state index contributed by atoms with van der Waals surface area (Å²) in [6.45, 7) is 4.17. The lowest BCUT2D eigenvalue weighted by Gasteiger charge is -2.24. The summed E-state index contributed by atoms with van der Waals surface area (Å²) in [6, 6.07) is 18.9. The maximum atomic E-state index is 13.1. The standard InChI is InChI=1S/C27H30Cl2N2O4S/c1-18(2)16-26(19-10-14-22(35-3)15-11-19)30-27(32)20-8-12-21(13-9-20)31(36(4,33)34)17-23-24(28)6-5-7-25(23)29/h5-15,18,26H,16-17H2,1-4H3,(H,30,32)/t26-/m1/s1. The SMILES string of the molecule is COc1ccc([C@@H](CC(C)C)NC(=O)c2ccc(N(Cc3c(Cl)cccc3Cl)S(C)(=O)=O)cc2)cc1. The third kappa shape index (κ3) is 7.15. The second kappa shape index (κ2) is 12.0. The van der Waals surface area contributed by atoms with Gasteiger partial charge in [-0.05, 0) is 66.4 Å². The normalized spacial score (nSPS) is 12.3. The van der Waals surface area contributed by atoms with Crippen LogP contribution in [0.1, 0.15) is 47.8 Å². The first-order valence-corrected chi connectivity index (χ1v) is 14.1. The van der Waals surface area contributed by atoms with Crippen molar-refractivity contribution in [1.29, 1.82) is 0 Å². The molecule has 3 rings (SSSR count). The van der Waals surface area contributed by atoms with E-state index in [2.05, 4.69) is 19.2 Å². The van der Waals surface area contributed by atoms with Crippen LogP contribution in [0.4, 0.5) is 5.69 Å². The quantitative estimate of drug-likeness (QED) is 0.314. The van der Waals surface area contributed by atoms with Crippen LogP contribution >= 0.6 is 23.2 Å². The number of halogens is 2. The maximum Gasteiger partial charge on any atom is 0.251 e. The minimum Gasteiger partial charge on any atom is -0.497 e. The molecule has 1 N–H and O–H groups in total. The molecule has 3 aromatic carbocycles. The first-order valence-electron chi connectivity index (χ1n) is 11.4. The van der Waals surface area contributed by atoms with E-state index in [1.165, 1.54) is 4.31 Å². The summed E-state index contributed by atoms with van der Waals surface area (Å²) >= 11 is 12.5. The Balaban J connectivity index is 1.83. The lowest BCUT2D eigenvalue weighted by molar-refractivity contribution is 0.0932. The Morgan fingerprint density at radius 3 is 2.06 bits per heavy atom. The molecule has 0 spiro atoms. The Morgan fingerprint density at radius 2 is 1.56 bits per heavy atom. The molecule has 0 radical (unpaired) electrons. The highest BCUT2D eigenvalue weighted by atomic mass is 35.5. The van der Waals surface area contributed by atoms with Gasteiger partial charge in [-0.15, -0.1) is 0 Å². The third-order valence-electron chi connectivity index (χ3n) is 5.71. The fourth-order valence-electron chi connectivity index (χ4n) is 3.83. The summed E-state index contributed by atoms with van der Waals surface area (Å²) in [4.78, 5) is 13.1. The topological polar surface area (TPSA) is 75.7 Å². The fourth-order valence-corrected chi connectivity index (χ4v) is 5.22. The Morgan fingerprint density at radius 1 is 0.972 bits per heavy atom. The third-order valence-corrected chi connectivity index (χ3v) is 7.56.